The van der Waals surface area contributed by atoms with E-state index in [1.165, 1.54) is 0 Å². The number of benzene rings is 2. The molecule has 1 aliphatic heterocycles. The van der Waals surface area contributed by atoms with E-state index in [4.69, 9.17) is 4.42 Å². The van der Waals surface area contributed by atoms with Gasteiger partial charge >= 0.3 is 11.8 Å². The molecule has 7 nitrogen and oxygen atoms in total. The number of nitrogens with zero attached hydrogens (tertiary/aromatic N) is 1. The van der Waals surface area contributed by atoms with E-state index in [0.717, 1.165) is 23.6 Å². The Morgan fingerprint density at radius 2 is 1.75 bits per heavy atom. The first kappa shape index (κ1) is 21.5. The SMILES string of the molecule is O=C(NCC1CCN(C(=O)c2cc3ccccc3o2)CC1)C(=O)Nc1cc(F)ccc1F. The number of fused-ring (bicyclic) bond motifs is 1. The molecule has 3 aromatic rings. The number of rotatable bonds is 4. The Labute approximate surface area is 182 Å². The van der Waals surface area contributed by atoms with E-state index >= 15 is 0 Å². The first-order valence-corrected chi connectivity index (χ1v) is 10.2. The second kappa shape index (κ2) is 9.17. The third-order valence-electron chi connectivity index (χ3n) is 5.47. The lowest BCUT2D eigenvalue weighted by molar-refractivity contribution is -0.136. The van der Waals surface area contributed by atoms with Gasteiger partial charge in [-0.3, -0.25) is 14.4 Å². The molecule has 2 aromatic carbocycles. The van der Waals surface area contributed by atoms with E-state index in [-0.39, 0.29) is 18.4 Å². The van der Waals surface area contributed by atoms with Crippen molar-refractivity contribution in [2.24, 2.45) is 5.92 Å². The molecule has 0 spiro atoms. The molecule has 166 valence electrons. The topological polar surface area (TPSA) is 91.7 Å². The average Bonchev–Trinajstić information content (AvgIpc) is 3.24. The minimum absolute atomic E-state index is 0.0809. The van der Waals surface area contributed by atoms with Crippen molar-refractivity contribution in [3.8, 4) is 0 Å². The van der Waals surface area contributed by atoms with Crippen LogP contribution in [0.5, 0.6) is 0 Å². The van der Waals surface area contributed by atoms with Crippen LogP contribution in [-0.2, 0) is 9.59 Å². The molecule has 1 aromatic heterocycles. The molecular weight excluding hydrogens is 420 g/mol. The highest BCUT2D eigenvalue weighted by molar-refractivity contribution is 6.39. The first-order valence-electron chi connectivity index (χ1n) is 10.2. The summed E-state index contributed by atoms with van der Waals surface area (Å²) in [6, 6.07) is 11.7. The number of likely N-dealkylation sites (tertiary alicyclic amines) is 1. The van der Waals surface area contributed by atoms with Crippen LogP contribution in [-0.4, -0.2) is 42.3 Å². The van der Waals surface area contributed by atoms with Crippen molar-refractivity contribution in [3.63, 3.8) is 0 Å². The van der Waals surface area contributed by atoms with Gasteiger partial charge in [-0.15, -0.1) is 0 Å². The molecule has 0 saturated carbocycles. The molecule has 1 aliphatic rings. The van der Waals surface area contributed by atoms with Crippen molar-refractivity contribution in [1.29, 1.82) is 0 Å². The summed E-state index contributed by atoms with van der Waals surface area (Å²) in [5.74, 6) is -3.39. The molecule has 0 atom stereocenters. The smallest absolute Gasteiger partial charge is 0.313 e. The van der Waals surface area contributed by atoms with Crippen LogP contribution in [0.15, 0.2) is 52.9 Å². The molecule has 3 amide bonds. The van der Waals surface area contributed by atoms with E-state index in [1.807, 2.05) is 18.2 Å². The van der Waals surface area contributed by atoms with Gasteiger partial charge in [0.1, 0.15) is 17.2 Å². The monoisotopic (exact) mass is 441 g/mol. The highest BCUT2D eigenvalue weighted by Crippen LogP contribution is 2.23. The van der Waals surface area contributed by atoms with E-state index < -0.39 is 29.1 Å². The molecular formula is C23H21F2N3O4. The van der Waals surface area contributed by atoms with Crippen LogP contribution in [0.1, 0.15) is 23.4 Å². The fourth-order valence-electron chi connectivity index (χ4n) is 3.67. The number of anilines is 1. The van der Waals surface area contributed by atoms with Crippen molar-refractivity contribution < 1.29 is 27.6 Å². The summed E-state index contributed by atoms with van der Waals surface area (Å²) in [6.45, 7) is 1.23. The fourth-order valence-corrected chi connectivity index (χ4v) is 3.67. The van der Waals surface area contributed by atoms with Crippen LogP contribution in [0.25, 0.3) is 11.0 Å². The number of carbonyl (C=O) groups excluding carboxylic acids is 3. The highest BCUT2D eigenvalue weighted by Gasteiger charge is 2.26. The summed E-state index contributed by atoms with van der Waals surface area (Å²) < 4.78 is 32.4. The largest absolute Gasteiger partial charge is 0.451 e. The number of nitrogens with one attached hydrogen (secondary N) is 2. The minimum Gasteiger partial charge on any atom is -0.451 e. The number of piperidine rings is 1. The maximum Gasteiger partial charge on any atom is 0.313 e. The minimum atomic E-state index is -1.08. The van der Waals surface area contributed by atoms with Crippen LogP contribution in [0, 0.1) is 17.6 Å². The second-order valence-electron chi connectivity index (χ2n) is 7.67. The van der Waals surface area contributed by atoms with Gasteiger partial charge in [-0.1, -0.05) is 18.2 Å². The van der Waals surface area contributed by atoms with E-state index in [9.17, 15) is 23.2 Å². The lowest BCUT2D eigenvalue weighted by Gasteiger charge is -2.31. The molecule has 0 bridgehead atoms. The summed E-state index contributed by atoms with van der Waals surface area (Å²) in [6.07, 6.45) is 1.29. The van der Waals surface area contributed by atoms with Crippen molar-refractivity contribution >= 4 is 34.4 Å². The summed E-state index contributed by atoms with van der Waals surface area (Å²) >= 11 is 0. The summed E-state index contributed by atoms with van der Waals surface area (Å²) in [4.78, 5) is 38.4. The van der Waals surface area contributed by atoms with Gasteiger partial charge in [-0.2, -0.15) is 0 Å². The second-order valence-corrected chi connectivity index (χ2v) is 7.67. The maximum absolute atomic E-state index is 13.6. The van der Waals surface area contributed by atoms with Crippen LogP contribution in [0.3, 0.4) is 0 Å². The van der Waals surface area contributed by atoms with Crippen LogP contribution < -0.4 is 10.6 Å². The third-order valence-corrected chi connectivity index (χ3v) is 5.47. The molecule has 0 radical (unpaired) electrons. The fraction of sp³-hybridized carbons (Fsp3) is 0.261. The van der Waals surface area contributed by atoms with E-state index in [0.29, 0.717) is 37.3 Å². The molecule has 1 fully saturated rings. The predicted molar refractivity (Wildman–Crippen MR) is 113 cm³/mol. The lowest BCUT2D eigenvalue weighted by atomic mass is 9.96. The highest BCUT2D eigenvalue weighted by atomic mass is 19.1. The quantitative estimate of drug-likeness (QED) is 0.608. The van der Waals surface area contributed by atoms with Gasteiger partial charge in [0.2, 0.25) is 0 Å². The summed E-state index contributed by atoms with van der Waals surface area (Å²) in [5, 5.41) is 5.44. The van der Waals surface area contributed by atoms with Crippen molar-refractivity contribution in [3.05, 3.63) is 65.9 Å². The molecule has 0 aliphatic carbocycles. The number of para-hydroxylation sites is 1. The van der Waals surface area contributed by atoms with Gasteiger partial charge in [0.05, 0.1) is 5.69 Å². The number of furan rings is 1. The Morgan fingerprint density at radius 3 is 2.50 bits per heavy atom. The zero-order valence-corrected chi connectivity index (χ0v) is 17.1. The Kier molecular flexibility index (Phi) is 6.16. The van der Waals surface area contributed by atoms with Gasteiger partial charge in [-0.25, -0.2) is 8.78 Å². The number of amides is 3. The standard InChI is InChI=1S/C23H21F2N3O4/c24-16-5-6-17(25)18(12-16)27-22(30)21(29)26-13-14-7-9-28(10-8-14)23(31)20-11-15-3-1-2-4-19(15)32-20/h1-6,11-12,14H,7-10,13H2,(H,26,29)(H,27,30). The number of hydrogen-bond acceptors (Lipinski definition) is 4. The lowest BCUT2D eigenvalue weighted by Crippen LogP contribution is -2.43. The van der Waals surface area contributed by atoms with Gasteiger partial charge in [-0.05, 0) is 43.0 Å². The Bertz CT molecular complexity index is 1140. The Balaban J connectivity index is 1.25. The predicted octanol–water partition coefficient (Wildman–Crippen LogP) is 3.32. The summed E-state index contributed by atoms with van der Waals surface area (Å²) in [7, 11) is 0. The van der Waals surface area contributed by atoms with E-state index in [2.05, 4.69) is 10.6 Å². The van der Waals surface area contributed by atoms with Gasteiger partial charge in [0.15, 0.2) is 5.76 Å². The van der Waals surface area contributed by atoms with E-state index in [1.54, 1.807) is 17.0 Å². The molecule has 32 heavy (non-hydrogen) atoms. The zero-order valence-electron chi connectivity index (χ0n) is 17.1. The Hall–Kier alpha value is -3.75. The van der Waals surface area contributed by atoms with Crippen LogP contribution in [0.4, 0.5) is 14.5 Å². The van der Waals surface area contributed by atoms with Gasteiger partial charge < -0.3 is 20.0 Å². The number of hydrogen-bond donors (Lipinski definition) is 2. The van der Waals surface area contributed by atoms with Gasteiger partial charge in [0, 0.05) is 31.1 Å². The van der Waals surface area contributed by atoms with Crippen molar-refractivity contribution in [2.75, 3.05) is 25.0 Å². The third kappa shape index (κ3) is 4.77. The van der Waals surface area contributed by atoms with Crippen LogP contribution in [0.2, 0.25) is 0 Å². The molecule has 1 saturated heterocycles. The van der Waals surface area contributed by atoms with Crippen molar-refractivity contribution in [2.45, 2.75) is 12.8 Å². The first-order chi connectivity index (χ1) is 15.4. The molecule has 9 heteroatoms. The normalized spacial score (nSPS) is 14.4. The Morgan fingerprint density at radius 1 is 1.00 bits per heavy atom. The molecule has 0 unspecified atom stereocenters. The number of halogens is 2. The zero-order chi connectivity index (χ0) is 22.7. The van der Waals surface area contributed by atoms with Crippen LogP contribution >= 0.6 is 0 Å². The molecule has 4 rings (SSSR count). The van der Waals surface area contributed by atoms with Gasteiger partial charge in [0.25, 0.3) is 5.91 Å². The average molecular weight is 441 g/mol. The summed E-state index contributed by atoms with van der Waals surface area (Å²) in [5.41, 5.74) is 0.257. The maximum atomic E-state index is 13.6. The molecule has 2 heterocycles. The van der Waals surface area contributed by atoms with Crippen molar-refractivity contribution in [1.82, 2.24) is 10.2 Å². The molecule has 2 N–H and O–H groups in total. The number of carbonyl (C=O) groups is 3.